The molecule has 10 unspecified atom stereocenters. The van der Waals surface area contributed by atoms with Gasteiger partial charge in [0.15, 0.2) is 0 Å². The number of fused-ring (bicyclic) bond motifs is 5. The number of hydrogen-bond donors (Lipinski definition) is 3. The monoisotopic (exact) mass is 392 g/mol. The van der Waals surface area contributed by atoms with E-state index in [0.29, 0.717) is 18.8 Å². The lowest BCUT2D eigenvalue weighted by atomic mass is 9.34. The van der Waals surface area contributed by atoms with E-state index in [-0.39, 0.29) is 45.2 Å². The van der Waals surface area contributed by atoms with Crippen molar-refractivity contribution in [1.29, 1.82) is 0 Å². The third-order valence-electron chi connectivity index (χ3n) is 10.8. The summed E-state index contributed by atoms with van der Waals surface area (Å²) in [6.45, 7) is 12.8. The third-order valence-corrected chi connectivity index (χ3v) is 10.8. The lowest BCUT2D eigenvalue weighted by Gasteiger charge is -2.71. The summed E-state index contributed by atoms with van der Waals surface area (Å²) >= 11 is 0. The summed E-state index contributed by atoms with van der Waals surface area (Å²) in [6.07, 6.45) is 3.57. The Labute approximate surface area is 170 Å². The van der Waals surface area contributed by atoms with Crippen LogP contribution in [-0.2, 0) is 4.79 Å². The zero-order chi connectivity index (χ0) is 20.9. The molecule has 28 heavy (non-hydrogen) atoms. The second-order valence-electron chi connectivity index (χ2n) is 12.1. The van der Waals surface area contributed by atoms with Crippen LogP contribution in [0.1, 0.15) is 80.1 Å². The standard InChI is InChI=1S/C24H40O4/c1-13(25)14-7-10-23(5)19(14)15(26)11-17-22(4)9-8-18(28)21(2,3)20(22)16(27)12-24(17,23)6/h14-20,26-28H,7-12H2,1-6H3. The van der Waals surface area contributed by atoms with Crippen LogP contribution in [0, 0.1) is 45.3 Å². The SMILES string of the molecule is CC(=O)C1CCC2(C)C1C(O)CC1C3(C)CCC(O)C(C)(C)C3C(O)CC12C. The van der Waals surface area contributed by atoms with Crippen molar-refractivity contribution in [2.24, 2.45) is 45.3 Å². The van der Waals surface area contributed by atoms with Gasteiger partial charge in [-0.05, 0) is 78.9 Å². The molecule has 0 aliphatic heterocycles. The van der Waals surface area contributed by atoms with Gasteiger partial charge in [-0.25, -0.2) is 0 Å². The molecule has 0 aromatic rings. The summed E-state index contributed by atoms with van der Waals surface area (Å²) in [7, 11) is 0. The van der Waals surface area contributed by atoms with Crippen LogP contribution in [0.25, 0.3) is 0 Å². The highest BCUT2D eigenvalue weighted by Gasteiger charge is 2.72. The number of carbonyl (C=O) groups is 1. The van der Waals surface area contributed by atoms with Crippen LogP contribution in [0.2, 0.25) is 0 Å². The minimum atomic E-state index is -0.458. The number of aliphatic hydroxyl groups is 3. The first-order chi connectivity index (χ1) is 12.8. The molecule has 3 N–H and O–H groups in total. The van der Waals surface area contributed by atoms with Crippen molar-refractivity contribution in [3.63, 3.8) is 0 Å². The van der Waals surface area contributed by atoms with Crippen molar-refractivity contribution in [2.45, 2.75) is 98.4 Å². The zero-order valence-corrected chi connectivity index (χ0v) is 18.5. The Balaban J connectivity index is 1.82. The predicted molar refractivity (Wildman–Crippen MR) is 108 cm³/mol. The molecule has 4 nitrogen and oxygen atoms in total. The van der Waals surface area contributed by atoms with Crippen LogP contribution >= 0.6 is 0 Å². The summed E-state index contributed by atoms with van der Waals surface area (Å²) in [5.74, 6) is 0.476. The lowest BCUT2D eigenvalue weighted by molar-refractivity contribution is -0.270. The van der Waals surface area contributed by atoms with Gasteiger partial charge in [0.05, 0.1) is 18.3 Å². The molecule has 4 rings (SSSR count). The first kappa shape index (κ1) is 20.8. The third kappa shape index (κ3) is 2.32. The number of ketones is 1. The average molecular weight is 393 g/mol. The van der Waals surface area contributed by atoms with Crippen molar-refractivity contribution < 1.29 is 20.1 Å². The molecule has 0 aromatic carbocycles. The first-order valence-electron chi connectivity index (χ1n) is 11.4. The van der Waals surface area contributed by atoms with E-state index < -0.39 is 18.3 Å². The maximum Gasteiger partial charge on any atom is 0.133 e. The Morgan fingerprint density at radius 1 is 0.893 bits per heavy atom. The summed E-state index contributed by atoms with van der Waals surface area (Å²) < 4.78 is 0. The number of Topliss-reactive ketones (excluding diaryl/α,β-unsaturated/α-hetero) is 1. The minimum Gasteiger partial charge on any atom is -0.393 e. The predicted octanol–water partition coefficient (Wildman–Crippen LogP) is 3.56. The van der Waals surface area contributed by atoms with Crippen molar-refractivity contribution in [2.75, 3.05) is 0 Å². The fraction of sp³-hybridized carbons (Fsp3) is 0.958. The molecule has 0 bridgehead atoms. The van der Waals surface area contributed by atoms with E-state index in [1.54, 1.807) is 6.92 Å². The van der Waals surface area contributed by atoms with Crippen LogP contribution in [0.5, 0.6) is 0 Å². The summed E-state index contributed by atoms with van der Waals surface area (Å²) in [5, 5.41) is 33.5. The van der Waals surface area contributed by atoms with Crippen LogP contribution < -0.4 is 0 Å². The van der Waals surface area contributed by atoms with Crippen LogP contribution in [-0.4, -0.2) is 39.4 Å². The van der Waals surface area contributed by atoms with Gasteiger partial charge >= 0.3 is 0 Å². The van der Waals surface area contributed by atoms with E-state index in [1.807, 2.05) is 0 Å². The van der Waals surface area contributed by atoms with Gasteiger partial charge in [0.25, 0.3) is 0 Å². The quantitative estimate of drug-likeness (QED) is 0.638. The van der Waals surface area contributed by atoms with Gasteiger partial charge < -0.3 is 15.3 Å². The molecule has 0 heterocycles. The number of aliphatic hydroxyl groups excluding tert-OH is 3. The largest absolute Gasteiger partial charge is 0.393 e. The van der Waals surface area contributed by atoms with E-state index in [0.717, 1.165) is 25.7 Å². The van der Waals surface area contributed by atoms with E-state index >= 15 is 0 Å². The van der Waals surface area contributed by atoms with Crippen LogP contribution in [0.3, 0.4) is 0 Å². The van der Waals surface area contributed by atoms with Crippen molar-refractivity contribution in [3.8, 4) is 0 Å². The smallest absolute Gasteiger partial charge is 0.133 e. The molecule has 10 atom stereocenters. The molecular weight excluding hydrogens is 352 g/mol. The second kappa shape index (κ2) is 6.04. The van der Waals surface area contributed by atoms with Crippen molar-refractivity contribution >= 4 is 5.78 Å². The van der Waals surface area contributed by atoms with E-state index in [2.05, 4.69) is 34.6 Å². The van der Waals surface area contributed by atoms with Crippen molar-refractivity contribution in [3.05, 3.63) is 0 Å². The molecule has 0 amide bonds. The highest BCUT2D eigenvalue weighted by molar-refractivity contribution is 5.79. The van der Waals surface area contributed by atoms with Gasteiger partial charge in [-0.2, -0.15) is 0 Å². The van der Waals surface area contributed by atoms with Crippen molar-refractivity contribution in [1.82, 2.24) is 0 Å². The number of hydrogen-bond acceptors (Lipinski definition) is 4. The first-order valence-corrected chi connectivity index (χ1v) is 11.4. The maximum absolute atomic E-state index is 12.3. The van der Waals surface area contributed by atoms with Gasteiger partial charge in [0.1, 0.15) is 5.78 Å². The summed E-state index contributed by atoms with van der Waals surface area (Å²) in [5.41, 5.74) is -0.697. The highest BCUT2D eigenvalue weighted by atomic mass is 16.3. The van der Waals surface area contributed by atoms with Crippen LogP contribution in [0.15, 0.2) is 0 Å². The normalized spacial score (nSPS) is 57.8. The average Bonchev–Trinajstić information content (AvgIpc) is 2.94. The Hall–Kier alpha value is -0.450. The zero-order valence-electron chi connectivity index (χ0n) is 18.5. The fourth-order valence-electron chi connectivity index (χ4n) is 9.39. The Bertz CT molecular complexity index is 674. The molecule has 0 spiro atoms. The van der Waals surface area contributed by atoms with Gasteiger partial charge in [0.2, 0.25) is 0 Å². The number of rotatable bonds is 1. The van der Waals surface area contributed by atoms with E-state index in [4.69, 9.17) is 0 Å². The molecule has 4 fully saturated rings. The second-order valence-corrected chi connectivity index (χ2v) is 12.1. The van der Waals surface area contributed by atoms with E-state index in [9.17, 15) is 20.1 Å². The Morgan fingerprint density at radius 2 is 1.54 bits per heavy atom. The molecule has 0 saturated heterocycles. The molecule has 4 aliphatic rings. The molecule has 4 saturated carbocycles. The molecule has 4 heteroatoms. The fourth-order valence-corrected chi connectivity index (χ4v) is 9.39. The molecule has 4 aliphatic carbocycles. The minimum absolute atomic E-state index is 0.000732. The van der Waals surface area contributed by atoms with Crippen LogP contribution in [0.4, 0.5) is 0 Å². The lowest BCUT2D eigenvalue weighted by Crippen LogP contribution is -2.69. The van der Waals surface area contributed by atoms with Gasteiger partial charge in [0, 0.05) is 11.8 Å². The summed E-state index contributed by atoms with van der Waals surface area (Å²) in [4.78, 5) is 12.3. The number of carbonyl (C=O) groups excluding carboxylic acids is 1. The topological polar surface area (TPSA) is 77.8 Å². The summed E-state index contributed by atoms with van der Waals surface area (Å²) in [6, 6.07) is 0. The van der Waals surface area contributed by atoms with Gasteiger partial charge in [-0.1, -0.05) is 34.6 Å². The van der Waals surface area contributed by atoms with Gasteiger partial charge in [-0.15, -0.1) is 0 Å². The van der Waals surface area contributed by atoms with Gasteiger partial charge in [-0.3, -0.25) is 4.79 Å². The molecular formula is C24H40O4. The van der Waals surface area contributed by atoms with E-state index in [1.165, 1.54) is 0 Å². The Kier molecular flexibility index (Phi) is 4.49. The maximum atomic E-state index is 12.3. The molecule has 0 radical (unpaired) electrons. The Morgan fingerprint density at radius 3 is 2.14 bits per heavy atom. The molecule has 0 aromatic heterocycles. The molecule has 160 valence electrons. The highest BCUT2D eigenvalue weighted by Crippen LogP contribution is 2.75.